The fourth-order valence-electron chi connectivity index (χ4n) is 2.20. The summed E-state index contributed by atoms with van der Waals surface area (Å²) in [7, 11) is 0. The summed E-state index contributed by atoms with van der Waals surface area (Å²) in [6.07, 6.45) is 1.94. The molecule has 1 nitrogen and oxygen atoms in total. The molecule has 1 aliphatic rings. The monoisotopic (exact) mass is 254 g/mol. The van der Waals surface area contributed by atoms with E-state index in [-0.39, 0.29) is 0 Å². The lowest BCUT2D eigenvalue weighted by Crippen LogP contribution is -2.21. The van der Waals surface area contributed by atoms with Gasteiger partial charge in [-0.2, -0.15) is 0 Å². The van der Waals surface area contributed by atoms with Crippen LogP contribution in [-0.4, -0.2) is 5.11 Å². The highest BCUT2D eigenvalue weighted by molar-refractivity contribution is 8.08. The van der Waals surface area contributed by atoms with Gasteiger partial charge in [-0.05, 0) is 24.6 Å². The molecule has 0 aliphatic carbocycles. The Bertz CT molecular complexity index is 600. The molecule has 0 spiro atoms. The Morgan fingerprint density at radius 3 is 2.39 bits per heavy atom. The summed E-state index contributed by atoms with van der Waals surface area (Å²) in [5.74, 6) is 0. The molecule has 0 saturated carbocycles. The maximum Gasteiger partial charge on any atom is 0.107 e. The van der Waals surface area contributed by atoms with E-state index in [9.17, 15) is 5.11 Å². The zero-order chi connectivity index (χ0) is 12.6. The quantitative estimate of drug-likeness (QED) is 0.828. The first kappa shape index (κ1) is 11.6. The van der Waals surface area contributed by atoms with Crippen LogP contribution in [0.15, 0.2) is 65.6 Å². The van der Waals surface area contributed by atoms with Crippen LogP contribution in [0.2, 0.25) is 0 Å². The van der Waals surface area contributed by atoms with Crippen molar-refractivity contribution in [1.29, 1.82) is 0 Å². The Hall–Kier alpha value is -1.51. The van der Waals surface area contributed by atoms with Crippen LogP contribution in [-0.2, 0) is 5.60 Å². The molecule has 2 heteroatoms. The van der Waals surface area contributed by atoms with Gasteiger partial charge in [-0.15, -0.1) is 0 Å². The molecule has 1 aliphatic heterocycles. The molecule has 2 aromatic carbocycles. The minimum absolute atomic E-state index is 0.896. The van der Waals surface area contributed by atoms with E-state index < -0.39 is 5.60 Å². The smallest absolute Gasteiger partial charge is 0.107 e. The summed E-state index contributed by atoms with van der Waals surface area (Å²) >= 11 is 1.71. The standard InChI is InChI=1S/C16H14OS/c1-16(17)11-15(12-7-3-2-4-8-12)18-14-10-6-5-9-13(14)16/h2-11,17H,1H3. The van der Waals surface area contributed by atoms with Crippen molar-refractivity contribution < 1.29 is 5.11 Å². The van der Waals surface area contributed by atoms with E-state index in [0.29, 0.717) is 0 Å². The predicted octanol–water partition coefficient (Wildman–Crippen LogP) is 4.04. The average molecular weight is 254 g/mol. The number of thioether (sulfide) groups is 1. The molecule has 0 saturated heterocycles. The van der Waals surface area contributed by atoms with Gasteiger partial charge in [-0.1, -0.05) is 60.3 Å². The van der Waals surface area contributed by atoms with E-state index in [1.54, 1.807) is 11.8 Å². The third kappa shape index (κ3) is 1.98. The summed E-state index contributed by atoms with van der Waals surface area (Å²) in [6, 6.07) is 18.2. The van der Waals surface area contributed by atoms with Crippen molar-refractivity contribution in [2.75, 3.05) is 0 Å². The van der Waals surface area contributed by atoms with Gasteiger partial charge in [0.15, 0.2) is 0 Å². The molecular formula is C16H14OS. The second-order valence-corrected chi connectivity index (χ2v) is 5.70. The van der Waals surface area contributed by atoms with Gasteiger partial charge in [0.2, 0.25) is 0 Å². The van der Waals surface area contributed by atoms with Crippen molar-refractivity contribution in [3.8, 4) is 0 Å². The topological polar surface area (TPSA) is 20.2 Å². The molecule has 1 N–H and O–H groups in total. The van der Waals surface area contributed by atoms with Gasteiger partial charge in [0.25, 0.3) is 0 Å². The molecule has 3 rings (SSSR count). The predicted molar refractivity (Wildman–Crippen MR) is 76.3 cm³/mol. The zero-order valence-electron chi connectivity index (χ0n) is 10.1. The van der Waals surface area contributed by atoms with Crippen molar-refractivity contribution in [3.05, 3.63) is 71.8 Å². The largest absolute Gasteiger partial charge is 0.381 e. The summed E-state index contributed by atoms with van der Waals surface area (Å²) < 4.78 is 0. The first-order valence-corrected chi connectivity index (χ1v) is 6.76. The molecule has 1 atom stereocenters. The van der Waals surface area contributed by atoms with Crippen LogP contribution in [0.25, 0.3) is 4.91 Å². The third-order valence-electron chi connectivity index (χ3n) is 3.12. The molecule has 0 fully saturated rings. The second-order valence-electron chi connectivity index (χ2n) is 4.62. The van der Waals surface area contributed by atoms with Gasteiger partial charge < -0.3 is 5.11 Å². The number of benzene rings is 2. The zero-order valence-corrected chi connectivity index (χ0v) is 10.9. The summed E-state index contributed by atoms with van der Waals surface area (Å²) in [4.78, 5) is 2.24. The van der Waals surface area contributed by atoms with Crippen molar-refractivity contribution in [2.45, 2.75) is 17.4 Å². The van der Waals surface area contributed by atoms with Crippen LogP contribution in [0, 0.1) is 0 Å². The normalized spacial score (nSPS) is 22.2. The maximum atomic E-state index is 10.6. The molecule has 0 amide bonds. The van der Waals surface area contributed by atoms with E-state index in [1.807, 2.05) is 49.4 Å². The Morgan fingerprint density at radius 2 is 1.61 bits per heavy atom. The molecular weight excluding hydrogens is 240 g/mol. The maximum absolute atomic E-state index is 10.6. The Labute approximate surface area is 111 Å². The molecule has 1 unspecified atom stereocenters. The van der Waals surface area contributed by atoms with Crippen LogP contribution in [0.5, 0.6) is 0 Å². The summed E-state index contributed by atoms with van der Waals surface area (Å²) in [5, 5.41) is 10.6. The molecule has 2 aromatic rings. The molecule has 0 radical (unpaired) electrons. The highest BCUT2D eigenvalue weighted by Crippen LogP contribution is 2.46. The lowest BCUT2D eigenvalue weighted by Gasteiger charge is -2.29. The van der Waals surface area contributed by atoms with E-state index in [2.05, 4.69) is 18.2 Å². The summed E-state index contributed by atoms with van der Waals surface area (Å²) in [6.45, 7) is 1.84. The fraction of sp³-hybridized carbons (Fsp3) is 0.125. The number of hydrogen-bond donors (Lipinski definition) is 1. The van der Waals surface area contributed by atoms with Crippen molar-refractivity contribution in [2.24, 2.45) is 0 Å². The van der Waals surface area contributed by atoms with Crippen molar-refractivity contribution >= 4 is 16.7 Å². The van der Waals surface area contributed by atoms with Gasteiger partial charge >= 0.3 is 0 Å². The molecule has 0 bridgehead atoms. The van der Waals surface area contributed by atoms with Gasteiger partial charge in [0, 0.05) is 15.4 Å². The second kappa shape index (κ2) is 4.30. The van der Waals surface area contributed by atoms with Gasteiger partial charge in [0.05, 0.1) is 0 Å². The lowest BCUT2D eigenvalue weighted by atomic mass is 9.94. The van der Waals surface area contributed by atoms with E-state index >= 15 is 0 Å². The van der Waals surface area contributed by atoms with E-state index in [0.717, 1.165) is 20.9 Å². The minimum Gasteiger partial charge on any atom is -0.381 e. The van der Waals surface area contributed by atoms with Crippen LogP contribution in [0.3, 0.4) is 0 Å². The van der Waals surface area contributed by atoms with Gasteiger partial charge in [-0.3, -0.25) is 0 Å². The molecule has 0 aromatic heterocycles. The minimum atomic E-state index is -0.896. The number of aliphatic hydroxyl groups is 1. The highest BCUT2D eigenvalue weighted by atomic mass is 32.2. The lowest BCUT2D eigenvalue weighted by molar-refractivity contribution is 0.108. The van der Waals surface area contributed by atoms with Crippen molar-refractivity contribution in [3.63, 3.8) is 0 Å². The molecule has 1 heterocycles. The van der Waals surface area contributed by atoms with Crippen LogP contribution < -0.4 is 0 Å². The summed E-state index contributed by atoms with van der Waals surface area (Å²) in [5.41, 5.74) is 1.24. The highest BCUT2D eigenvalue weighted by Gasteiger charge is 2.29. The van der Waals surface area contributed by atoms with Gasteiger partial charge in [-0.25, -0.2) is 0 Å². The average Bonchev–Trinajstić information content (AvgIpc) is 2.39. The first-order chi connectivity index (χ1) is 8.67. The number of hydrogen-bond acceptors (Lipinski definition) is 2. The van der Waals surface area contributed by atoms with E-state index in [4.69, 9.17) is 0 Å². The van der Waals surface area contributed by atoms with Gasteiger partial charge in [0.1, 0.15) is 5.60 Å². The number of rotatable bonds is 1. The fourth-order valence-corrected chi connectivity index (χ4v) is 3.51. The molecule has 90 valence electrons. The Balaban J connectivity index is 2.10. The van der Waals surface area contributed by atoms with Crippen LogP contribution >= 0.6 is 11.8 Å². The van der Waals surface area contributed by atoms with E-state index in [1.165, 1.54) is 0 Å². The Kier molecular flexibility index (Phi) is 2.77. The van der Waals surface area contributed by atoms with Crippen LogP contribution in [0.4, 0.5) is 0 Å². The number of fused-ring (bicyclic) bond motifs is 1. The Morgan fingerprint density at radius 1 is 0.944 bits per heavy atom. The third-order valence-corrected chi connectivity index (χ3v) is 4.27. The molecule has 18 heavy (non-hydrogen) atoms. The first-order valence-electron chi connectivity index (χ1n) is 5.95. The van der Waals surface area contributed by atoms with Crippen molar-refractivity contribution in [1.82, 2.24) is 0 Å². The SMILES string of the molecule is CC1(O)C=C(c2ccccc2)Sc2ccccc21. The van der Waals surface area contributed by atoms with Crippen LogP contribution in [0.1, 0.15) is 18.1 Å².